The molecule has 5 aromatic carbocycles. The highest BCUT2D eigenvalue weighted by Crippen LogP contribution is 2.38. The van der Waals surface area contributed by atoms with Gasteiger partial charge in [-0.05, 0) is 59.5 Å². The van der Waals surface area contributed by atoms with Crippen molar-refractivity contribution in [2.75, 3.05) is 24.9 Å². The average molecular weight is 676 g/mol. The first-order valence-corrected chi connectivity index (χ1v) is 16.5. The molecular formula is C37H29N3O6S2. The second kappa shape index (κ2) is 14.4. The van der Waals surface area contributed by atoms with Gasteiger partial charge in [0.25, 0.3) is 5.91 Å². The number of benzene rings is 5. The van der Waals surface area contributed by atoms with Crippen LogP contribution in [0.15, 0.2) is 119 Å². The van der Waals surface area contributed by atoms with Crippen molar-refractivity contribution in [1.82, 2.24) is 4.98 Å². The number of carboxylic acid groups (broad SMARTS) is 1. The Morgan fingerprint density at radius 2 is 1.52 bits per heavy atom. The van der Waals surface area contributed by atoms with Crippen LogP contribution in [0.2, 0.25) is 0 Å². The van der Waals surface area contributed by atoms with Crippen molar-refractivity contribution < 1.29 is 29.0 Å². The number of nitrogens with zero attached hydrogens (tertiary/aromatic N) is 1. The normalized spacial score (nSPS) is 11.5. The number of fused-ring (bicyclic) bond motifs is 1. The largest absolute Gasteiger partial charge is 0.493 e. The third-order valence-electron chi connectivity index (χ3n) is 7.48. The number of aromatic carboxylic acids is 1. The van der Waals surface area contributed by atoms with Gasteiger partial charge in [0.15, 0.2) is 16.6 Å². The van der Waals surface area contributed by atoms with Gasteiger partial charge in [0.05, 0.1) is 25.5 Å². The molecule has 0 aliphatic rings. The summed E-state index contributed by atoms with van der Waals surface area (Å²) in [4.78, 5) is 44.5. The van der Waals surface area contributed by atoms with Crippen LogP contribution in [0, 0.1) is 0 Å². The standard InChI is InChI=1S/C37H29N3O6S2/c1-45-30-18-17-24(19-31(30)46-2)29-21-47-37(39-29)40-35(42)33(23-9-4-3-5-10-23)48-26-14-8-13-25(20-26)38-34(41)27-15-6-11-22-12-7-16-28(32(22)27)36(43)44/h3-21,33H,1-2H3,(H,38,41)(H,43,44)(H,39,40,42). The molecule has 6 rings (SSSR count). The highest BCUT2D eigenvalue weighted by atomic mass is 32.2. The van der Waals surface area contributed by atoms with Crippen LogP contribution in [0.3, 0.4) is 0 Å². The summed E-state index contributed by atoms with van der Waals surface area (Å²) >= 11 is 2.65. The van der Waals surface area contributed by atoms with E-state index >= 15 is 0 Å². The third kappa shape index (κ3) is 7.02. The number of anilines is 2. The molecule has 6 aromatic rings. The van der Waals surface area contributed by atoms with E-state index in [1.807, 2.05) is 53.9 Å². The van der Waals surface area contributed by atoms with E-state index < -0.39 is 17.1 Å². The molecule has 48 heavy (non-hydrogen) atoms. The molecule has 240 valence electrons. The Morgan fingerprint density at radius 3 is 2.25 bits per heavy atom. The summed E-state index contributed by atoms with van der Waals surface area (Å²) in [6.45, 7) is 0. The molecule has 1 atom stereocenters. The number of nitrogens with one attached hydrogen (secondary N) is 2. The van der Waals surface area contributed by atoms with Crippen molar-refractivity contribution >= 4 is 62.5 Å². The molecule has 2 amide bonds. The van der Waals surface area contributed by atoms with E-state index in [-0.39, 0.29) is 17.0 Å². The SMILES string of the molecule is COc1ccc(-c2csc(NC(=O)C(Sc3cccc(NC(=O)c4cccc5cccc(C(=O)O)c45)c3)c3ccccc3)n2)cc1OC. The quantitative estimate of drug-likeness (QED) is 0.117. The van der Waals surface area contributed by atoms with Gasteiger partial charge in [-0.2, -0.15) is 0 Å². The van der Waals surface area contributed by atoms with Crippen LogP contribution in [0.25, 0.3) is 22.0 Å². The van der Waals surface area contributed by atoms with Crippen LogP contribution in [-0.4, -0.2) is 42.1 Å². The monoisotopic (exact) mass is 675 g/mol. The van der Waals surface area contributed by atoms with Gasteiger partial charge in [0.1, 0.15) is 5.25 Å². The van der Waals surface area contributed by atoms with Gasteiger partial charge in [0.2, 0.25) is 5.91 Å². The fourth-order valence-corrected chi connectivity index (χ4v) is 7.03. The van der Waals surface area contributed by atoms with Gasteiger partial charge in [-0.15, -0.1) is 23.1 Å². The minimum Gasteiger partial charge on any atom is -0.493 e. The zero-order valence-electron chi connectivity index (χ0n) is 25.8. The Kier molecular flexibility index (Phi) is 9.70. The first kappa shape index (κ1) is 32.3. The molecule has 3 N–H and O–H groups in total. The minimum atomic E-state index is -1.11. The zero-order valence-corrected chi connectivity index (χ0v) is 27.4. The molecule has 0 bridgehead atoms. The smallest absolute Gasteiger partial charge is 0.336 e. The average Bonchev–Trinajstić information content (AvgIpc) is 3.58. The molecule has 1 heterocycles. The maximum Gasteiger partial charge on any atom is 0.336 e. The number of thiazole rings is 1. The molecule has 0 spiro atoms. The number of hydrogen-bond acceptors (Lipinski definition) is 8. The van der Waals surface area contributed by atoms with Crippen molar-refractivity contribution in [3.05, 3.63) is 131 Å². The maximum absolute atomic E-state index is 13.8. The predicted octanol–water partition coefficient (Wildman–Crippen LogP) is 8.40. The Balaban J connectivity index is 1.22. The summed E-state index contributed by atoms with van der Waals surface area (Å²) in [6.07, 6.45) is 0. The molecule has 9 nitrogen and oxygen atoms in total. The lowest BCUT2D eigenvalue weighted by Gasteiger charge is -2.17. The summed E-state index contributed by atoms with van der Waals surface area (Å²) in [7, 11) is 3.15. The van der Waals surface area contributed by atoms with Crippen molar-refractivity contribution in [1.29, 1.82) is 0 Å². The Labute approximate surface area is 284 Å². The summed E-state index contributed by atoms with van der Waals surface area (Å²) in [5, 5.41) is 18.3. The van der Waals surface area contributed by atoms with E-state index in [0.29, 0.717) is 38.8 Å². The number of carbonyl (C=O) groups excluding carboxylic acids is 2. The molecule has 0 aliphatic heterocycles. The second-order valence-electron chi connectivity index (χ2n) is 10.5. The number of carbonyl (C=O) groups is 3. The second-order valence-corrected chi connectivity index (χ2v) is 12.5. The number of rotatable bonds is 11. The first-order chi connectivity index (χ1) is 23.3. The summed E-state index contributed by atoms with van der Waals surface area (Å²) < 4.78 is 10.8. The van der Waals surface area contributed by atoms with Crippen LogP contribution >= 0.6 is 23.1 Å². The van der Waals surface area contributed by atoms with Crippen LogP contribution < -0.4 is 20.1 Å². The molecule has 0 saturated heterocycles. The minimum absolute atomic E-state index is 0.0512. The fraction of sp³-hybridized carbons (Fsp3) is 0.0811. The van der Waals surface area contributed by atoms with Crippen molar-refractivity contribution in [3.63, 3.8) is 0 Å². The summed E-state index contributed by atoms with van der Waals surface area (Å²) in [5.74, 6) is -0.625. The third-order valence-corrected chi connectivity index (χ3v) is 9.49. The maximum atomic E-state index is 13.8. The fourth-order valence-electron chi connectivity index (χ4n) is 5.22. The highest BCUT2D eigenvalue weighted by molar-refractivity contribution is 8.00. The number of thioether (sulfide) groups is 1. The molecular weight excluding hydrogens is 647 g/mol. The topological polar surface area (TPSA) is 127 Å². The number of aromatic nitrogens is 1. The molecule has 11 heteroatoms. The first-order valence-electron chi connectivity index (χ1n) is 14.7. The summed E-state index contributed by atoms with van der Waals surface area (Å²) in [5.41, 5.74) is 3.10. The van der Waals surface area contributed by atoms with Crippen LogP contribution in [0.1, 0.15) is 31.5 Å². The Bertz CT molecular complexity index is 2130. The molecule has 0 radical (unpaired) electrons. The lowest BCUT2D eigenvalue weighted by Crippen LogP contribution is -2.19. The van der Waals surface area contributed by atoms with E-state index in [2.05, 4.69) is 15.6 Å². The summed E-state index contributed by atoms with van der Waals surface area (Å²) in [6, 6.07) is 32.1. The number of ether oxygens (including phenoxy) is 2. The highest BCUT2D eigenvalue weighted by Gasteiger charge is 2.24. The number of carboxylic acids is 1. The molecule has 0 saturated carbocycles. The Hall–Kier alpha value is -5.65. The Morgan fingerprint density at radius 1 is 0.792 bits per heavy atom. The zero-order chi connectivity index (χ0) is 33.6. The molecule has 0 aliphatic carbocycles. The lowest BCUT2D eigenvalue weighted by atomic mass is 9.98. The van der Waals surface area contributed by atoms with E-state index in [1.54, 1.807) is 68.8 Å². The van der Waals surface area contributed by atoms with Gasteiger partial charge in [-0.25, -0.2) is 9.78 Å². The van der Waals surface area contributed by atoms with Gasteiger partial charge >= 0.3 is 5.97 Å². The predicted molar refractivity (Wildman–Crippen MR) is 190 cm³/mol. The molecule has 1 unspecified atom stereocenters. The van der Waals surface area contributed by atoms with Gasteiger partial charge < -0.3 is 25.2 Å². The van der Waals surface area contributed by atoms with Crippen molar-refractivity contribution in [2.45, 2.75) is 10.1 Å². The molecule has 1 aromatic heterocycles. The van der Waals surface area contributed by atoms with Gasteiger partial charge in [0, 0.05) is 32.5 Å². The lowest BCUT2D eigenvalue weighted by molar-refractivity contribution is -0.115. The van der Waals surface area contributed by atoms with E-state index in [1.165, 1.54) is 29.2 Å². The number of amides is 2. The van der Waals surface area contributed by atoms with E-state index in [0.717, 1.165) is 16.0 Å². The number of methoxy groups -OCH3 is 2. The van der Waals surface area contributed by atoms with Crippen LogP contribution in [0.5, 0.6) is 11.5 Å². The van der Waals surface area contributed by atoms with Crippen molar-refractivity contribution in [3.8, 4) is 22.8 Å². The van der Waals surface area contributed by atoms with Crippen molar-refractivity contribution in [2.24, 2.45) is 0 Å². The number of hydrogen-bond donors (Lipinski definition) is 3. The van der Waals surface area contributed by atoms with Crippen LogP contribution in [0.4, 0.5) is 10.8 Å². The van der Waals surface area contributed by atoms with E-state index in [4.69, 9.17) is 9.47 Å². The van der Waals surface area contributed by atoms with Gasteiger partial charge in [-0.1, -0.05) is 60.7 Å². The van der Waals surface area contributed by atoms with Crippen LogP contribution in [-0.2, 0) is 4.79 Å². The van der Waals surface area contributed by atoms with Gasteiger partial charge in [-0.3, -0.25) is 9.59 Å². The van der Waals surface area contributed by atoms with E-state index in [9.17, 15) is 19.5 Å². The molecule has 0 fully saturated rings.